The van der Waals surface area contributed by atoms with E-state index < -0.39 is 0 Å². The highest BCUT2D eigenvalue weighted by atomic mass is 14.3. The van der Waals surface area contributed by atoms with Crippen molar-refractivity contribution in [1.29, 1.82) is 0 Å². The second-order valence-corrected chi connectivity index (χ2v) is 16.6. The Hall–Kier alpha value is -7.80. The minimum Gasteiger partial charge on any atom is -0.0622 e. The van der Waals surface area contributed by atoms with Gasteiger partial charge in [0.1, 0.15) is 0 Å². The molecule has 0 atom stereocenters. The molecule has 0 aliphatic carbocycles. The summed E-state index contributed by atoms with van der Waals surface area (Å²) in [4.78, 5) is 0. The molecule has 0 spiro atoms. The van der Waals surface area contributed by atoms with Gasteiger partial charge in [-0.1, -0.05) is 188 Å². The second-order valence-electron chi connectivity index (χ2n) is 16.6. The van der Waals surface area contributed by atoms with Crippen LogP contribution in [-0.4, -0.2) is 0 Å². The van der Waals surface area contributed by atoms with Crippen molar-refractivity contribution in [2.24, 2.45) is 0 Å². The maximum Gasteiger partial charge on any atom is -0.000718 e. The topological polar surface area (TPSA) is 0 Å². The van der Waals surface area contributed by atoms with Gasteiger partial charge >= 0.3 is 0 Å². The molecule has 0 fully saturated rings. The Morgan fingerprint density at radius 1 is 0.183 bits per heavy atom. The van der Waals surface area contributed by atoms with Crippen molar-refractivity contribution in [2.75, 3.05) is 0 Å². The Bertz CT molecular complexity index is 4080. The Morgan fingerprint density at radius 2 is 0.733 bits per heavy atom. The molecular formula is C60H34. The Kier molecular flexibility index (Phi) is 6.38. The molecule has 14 rings (SSSR count). The first-order chi connectivity index (χ1) is 29.8. The van der Waals surface area contributed by atoms with Crippen LogP contribution in [-0.2, 0) is 0 Å². The molecule has 0 radical (unpaired) electrons. The lowest BCUT2D eigenvalue weighted by molar-refractivity contribution is 1.68. The monoisotopic (exact) mass is 754 g/mol. The van der Waals surface area contributed by atoms with Crippen LogP contribution in [0, 0.1) is 0 Å². The third-order valence-corrected chi connectivity index (χ3v) is 13.7. The van der Waals surface area contributed by atoms with Crippen molar-refractivity contribution in [2.45, 2.75) is 0 Å². The molecule has 0 aliphatic heterocycles. The molecule has 0 unspecified atom stereocenters. The normalized spacial score (nSPS) is 12.3. The van der Waals surface area contributed by atoms with Crippen molar-refractivity contribution in [3.63, 3.8) is 0 Å². The smallest absolute Gasteiger partial charge is 0.000718 e. The third kappa shape index (κ3) is 4.19. The lowest BCUT2D eigenvalue weighted by Crippen LogP contribution is -1.91. The van der Waals surface area contributed by atoms with E-state index in [1.807, 2.05) is 0 Å². The molecule has 274 valence electrons. The van der Waals surface area contributed by atoms with Gasteiger partial charge in [0.2, 0.25) is 0 Å². The summed E-state index contributed by atoms with van der Waals surface area (Å²) in [7, 11) is 0. The largest absolute Gasteiger partial charge is 0.0622 e. The molecule has 0 amide bonds. The Labute approximate surface area is 345 Å². The molecule has 0 bridgehead atoms. The molecule has 0 heteroatoms. The minimum atomic E-state index is 1.24. The van der Waals surface area contributed by atoms with Crippen LogP contribution in [0.5, 0.6) is 0 Å². The first kappa shape index (κ1) is 32.2. The minimum absolute atomic E-state index is 1.24. The van der Waals surface area contributed by atoms with Gasteiger partial charge < -0.3 is 0 Å². The molecule has 0 saturated heterocycles. The summed E-state index contributed by atoms with van der Waals surface area (Å²) in [5.41, 5.74) is 7.63. The van der Waals surface area contributed by atoms with E-state index in [1.54, 1.807) is 0 Å². The van der Waals surface area contributed by atoms with E-state index in [4.69, 9.17) is 0 Å². The van der Waals surface area contributed by atoms with Crippen LogP contribution in [0.1, 0.15) is 0 Å². The molecule has 60 heavy (non-hydrogen) atoms. The number of fused-ring (bicyclic) bond motifs is 13. The third-order valence-electron chi connectivity index (χ3n) is 13.7. The maximum atomic E-state index is 2.53. The summed E-state index contributed by atoms with van der Waals surface area (Å²) in [5.74, 6) is 0. The van der Waals surface area contributed by atoms with Crippen molar-refractivity contribution in [1.82, 2.24) is 0 Å². The molecule has 14 aromatic carbocycles. The van der Waals surface area contributed by atoms with Gasteiger partial charge in [0, 0.05) is 0 Å². The van der Waals surface area contributed by atoms with Crippen molar-refractivity contribution in [3.8, 4) is 33.4 Å². The summed E-state index contributed by atoms with van der Waals surface area (Å²) in [6, 6.07) is 77.5. The van der Waals surface area contributed by atoms with E-state index in [0.29, 0.717) is 0 Å². The summed E-state index contributed by atoms with van der Waals surface area (Å²) in [6.07, 6.45) is 0. The van der Waals surface area contributed by atoms with Gasteiger partial charge in [0.05, 0.1) is 0 Å². The van der Waals surface area contributed by atoms with E-state index in [1.165, 1.54) is 141 Å². The predicted molar refractivity (Wildman–Crippen MR) is 260 cm³/mol. The van der Waals surface area contributed by atoms with Crippen molar-refractivity contribution in [3.05, 3.63) is 206 Å². The van der Waals surface area contributed by atoms with E-state index in [2.05, 4.69) is 206 Å². The quantitative estimate of drug-likeness (QED) is 0.158. The summed E-state index contributed by atoms with van der Waals surface area (Å²) < 4.78 is 0. The number of benzene rings is 12. The Balaban J connectivity index is 1.19. The van der Waals surface area contributed by atoms with Crippen LogP contribution in [0.25, 0.3) is 141 Å². The van der Waals surface area contributed by atoms with Gasteiger partial charge in [-0.2, -0.15) is 0 Å². The number of hydrogen-bond acceptors (Lipinski definition) is 0. The van der Waals surface area contributed by atoms with Gasteiger partial charge in [0.25, 0.3) is 0 Å². The molecule has 0 N–H and O–H groups in total. The first-order valence-electron chi connectivity index (χ1n) is 21.0. The fraction of sp³-hybridized carbons (Fsp3) is 0. The predicted octanol–water partition coefficient (Wildman–Crippen LogP) is 17.1. The molecule has 0 saturated carbocycles. The van der Waals surface area contributed by atoms with E-state index >= 15 is 0 Å². The zero-order valence-corrected chi connectivity index (χ0v) is 32.6. The van der Waals surface area contributed by atoms with Gasteiger partial charge in [-0.15, -0.1) is 0 Å². The molecular weight excluding hydrogens is 721 g/mol. The molecule has 0 aliphatic rings. The second kappa shape index (κ2) is 11.9. The lowest BCUT2D eigenvalue weighted by atomic mass is 9.84. The molecule has 0 aromatic heterocycles. The first-order valence-corrected chi connectivity index (χ1v) is 21.0. The molecule has 0 nitrogen and oxygen atoms in total. The molecule has 0 heterocycles. The van der Waals surface area contributed by atoms with Gasteiger partial charge in [-0.05, 0) is 159 Å². The van der Waals surface area contributed by atoms with E-state index in [-0.39, 0.29) is 0 Å². The van der Waals surface area contributed by atoms with E-state index in [0.717, 1.165) is 0 Å². The zero-order valence-electron chi connectivity index (χ0n) is 32.6. The fourth-order valence-electron chi connectivity index (χ4n) is 11.3. The van der Waals surface area contributed by atoms with Crippen LogP contribution < -0.4 is 0 Å². The summed E-state index contributed by atoms with van der Waals surface area (Å²) in [5, 5.41) is 26.2. The van der Waals surface area contributed by atoms with Crippen LogP contribution in [0.3, 0.4) is 0 Å². The highest BCUT2D eigenvalue weighted by Crippen LogP contribution is 2.55. The SMILES string of the molecule is c1ccc(-c2c3cc4c5ccccc5c5cccc(c3c(-c3ccccc3)c3c6cccc7c8c(ccc9cc(-c%10cccc%11ccccc%10%11)ccc98)cc(c23)c67)c54)cc1. The van der Waals surface area contributed by atoms with Crippen LogP contribution >= 0.6 is 0 Å². The van der Waals surface area contributed by atoms with Crippen molar-refractivity contribution >= 4 is 108 Å². The van der Waals surface area contributed by atoms with Crippen LogP contribution in [0.4, 0.5) is 0 Å². The summed E-state index contributed by atoms with van der Waals surface area (Å²) in [6.45, 7) is 0. The summed E-state index contributed by atoms with van der Waals surface area (Å²) >= 11 is 0. The van der Waals surface area contributed by atoms with E-state index in [9.17, 15) is 0 Å². The van der Waals surface area contributed by atoms with Crippen molar-refractivity contribution < 1.29 is 0 Å². The number of hydrogen-bond donors (Lipinski definition) is 0. The van der Waals surface area contributed by atoms with Gasteiger partial charge in [-0.25, -0.2) is 0 Å². The standard InChI is InChI=1S/C60H34/c1-3-15-36(16-4-1)54-52-34-50-45-22-10-9-21-44(45)46-24-12-26-48(56(46)50)58(52)55(37-17-5-2-6-18-37)59-49-27-13-25-47-53-40(33-51(57(47)49)60(54)59)29-28-39-32-38(30-31-43(39)53)42-23-11-19-35-14-7-8-20-41(35)42/h1-34H. The zero-order chi connectivity index (χ0) is 39.1. The number of rotatable bonds is 3. The fourth-order valence-corrected chi connectivity index (χ4v) is 11.3. The average Bonchev–Trinajstić information content (AvgIpc) is 3.82. The molecule has 14 aromatic rings. The Morgan fingerprint density at radius 3 is 1.52 bits per heavy atom. The van der Waals surface area contributed by atoms with Gasteiger partial charge in [-0.3, -0.25) is 0 Å². The highest BCUT2D eigenvalue weighted by molar-refractivity contribution is 6.46. The van der Waals surface area contributed by atoms with Crippen LogP contribution in [0.15, 0.2) is 206 Å². The van der Waals surface area contributed by atoms with Crippen LogP contribution in [0.2, 0.25) is 0 Å². The van der Waals surface area contributed by atoms with Gasteiger partial charge in [0.15, 0.2) is 0 Å². The highest BCUT2D eigenvalue weighted by Gasteiger charge is 2.27. The average molecular weight is 755 g/mol. The lowest BCUT2D eigenvalue weighted by Gasteiger charge is -2.19. The maximum absolute atomic E-state index is 2.53.